The monoisotopic (exact) mass is 325 g/mol. The number of hydrogen-bond acceptors (Lipinski definition) is 3. The summed E-state index contributed by atoms with van der Waals surface area (Å²) in [5.74, 6) is 0. The Bertz CT molecular complexity index is 442. The summed E-state index contributed by atoms with van der Waals surface area (Å²) in [6.45, 7) is 4.34. The van der Waals surface area contributed by atoms with Crippen LogP contribution in [-0.4, -0.2) is 56.5 Å². The van der Waals surface area contributed by atoms with Gasteiger partial charge >= 0.3 is 0 Å². The van der Waals surface area contributed by atoms with Gasteiger partial charge in [-0.2, -0.15) is 0 Å². The number of nitrogens with zero attached hydrogens (tertiary/aromatic N) is 3. The first-order valence-electron chi connectivity index (χ1n) is 6.47. The number of rotatable bonds is 4. The van der Waals surface area contributed by atoms with E-state index in [1.54, 1.807) is 0 Å². The Hall–Kier alpha value is -1.07. The molecule has 19 heavy (non-hydrogen) atoms. The van der Waals surface area contributed by atoms with E-state index in [0.717, 1.165) is 43.6 Å². The Labute approximate surface area is 123 Å². The van der Waals surface area contributed by atoms with Crippen molar-refractivity contribution in [1.29, 1.82) is 0 Å². The van der Waals surface area contributed by atoms with E-state index in [0.29, 0.717) is 0 Å². The number of anilines is 1. The standard InChI is InChI=1S/C14H20BrN3O/c1-16(2)10-12-9-13(15)3-4-14(12)18-7-5-17(11-19)6-8-18/h3-4,9,11H,5-8,10H2,1-2H3. The van der Waals surface area contributed by atoms with Crippen molar-refractivity contribution in [3.8, 4) is 0 Å². The van der Waals surface area contributed by atoms with E-state index in [-0.39, 0.29) is 0 Å². The summed E-state index contributed by atoms with van der Waals surface area (Å²) in [7, 11) is 4.16. The Morgan fingerprint density at radius 1 is 1.26 bits per heavy atom. The van der Waals surface area contributed by atoms with Crippen molar-refractivity contribution in [3.05, 3.63) is 28.2 Å². The van der Waals surface area contributed by atoms with Crippen LogP contribution in [0.3, 0.4) is 0 Å². The zero-order chi connectivity index (χ0) is 13.8. The maximum Gasteiger partial charge on any atom is 0.209 e. The number of benzene rings is 1. The van der Waals surface area contributed by atoms with Gasteiger partial charge in [0, 0.05) is 42.9 Å². The fourth-order valence-electron chi connectivity index (χ4n) is 2.40. The van der Waals surface area contributed by atoms with Crippen LogP contribution in [-0.2, 0) is 11.3 Å². The third-order valence-electron chi connectivity index (χ3n) is 3.33. The Balaban J connectivity index is 2.17. The highest BCUT2D eigenvalue weighted by molar-refractivity contribution is 9.10. The molecule has 0 aliphatic carbocycles. The highest BCUT2D eigenvalue weighted by Gasteiger charge is 2.18. The Kier molecular flexibility index (Phi) is 4.82. The van der Waals surface area contributed by atoms with Gasteiger partial charge in [-0.1, -0.05) is 15.9 Å². The molecule has 0 N–H and O–H groups in total. The fraction of sp³-hybridized carbons (Fsp3) is 0.500. The predicted molar refractivity (Wildman–Crippen MR) is 81.4 cm³/mol. The average molecular weight is 326 g/mol. The van der Waals surface area contributed by atoms with Crippen molar-refractivity contribution < 1.29 is 4.79 Å². The van der Waals surface area contributed by atoms with Gasteiger partial charge in [-0.25, -0.2) is 0 Å². The zero-order valence-electron chi connectivity index (χ0n) is 11.5. The largest absolute Gasteiger partial charge is 0.368 e. The lowest BCUT2D eigenvalue weighted by Crippen LogP contribution is -2.46. The van der Waals surface area contributed by atoms with Crippen LogP contribution >= 0.6 is 15.9 Å². The molecular weight excluding hydrogens is 306 g/mol. The normalized spacial score (nSPS) is 16.0. The second-order valence-electron chi connectivity index (χ2n) is 5.14. The van der Waals surface area contributed by atoms with Crippen LogP contribution in [0.5, 0.6) is 0 Å². The minimum atomic E-state index is 0.807. The number of carbonyl (C=O) groups excluding carboxylic acids is 1. The minimum absolute atomic E-state index is 0.807. The number of halogens is 1. The highest BCUT2D eigenvalue weighted by atomic mass is 79.9. The maximum atomic E-state index is 10.8. The van der Waals surface area contributed by atoms with E-state index in [2.05, 4.69) is 58.0 Å². The first kappa shape index (κ1) is 14.3. The third kappa shape index (κ3) is 3.70. The summed E-state index contributed by atoms with van der Waals surface area (Å²) in [5, 5.41) is 0. The third-order valence-corrected chi connectivity index (χ3v) is 3.83. The van der Waals surface area contributed by atoms with E-state index in [9.17, 15) is 4.79 Å². The lowest BCUT2D eigenvalue weighted by Gasteiger charge is -2.35. The van der Waals surface area contributed by atoms with Gasteiger partial charge in [0.25, 0.3) is 0 Å². The predicted octanol–water partition coefficient (Wildman–Crippen LogP) is 1.79. The summed E-state index contributed by atoms with van der Waals surface area (Å²) >= 11 is 3.54. The molecule has 0 bridgehead atoms. The lowest BCUT2D eigenvalue weighted by molar-refractivity contribution is -0.118. The molecule has 0 unspecified atom stereocenters. The zero-order valence-corrected chi connectivity index (χ0v) is 13.1. The van der Waals surface area contributed by atoms with Gasteiger partial charge in [-0.05, 0) is 37.9 Å². The second kappa shape index (κ2) is 6.39. The molecule has 4 nitrogen and oxygen atoms in total. The SMILES string of the molecule is CN(C)Cc1cc(Br)ccc1N1CCN(C=O)CC1. The molecule has 5 heteroatoms. The summed E-state index contributed by atoms with van der Waals surface area (Å²) in [5.41, 5.74) is 2.60. The molecule has 0 atom stereocenters. The topological polar surface area (TPSA) is 26.8 Å². The van der Waals surface area contributed by atoms with Crippen LogP contribution in [0.1, 0.15) is 5.56 Å². The van der Waals surface area contributed by atoms with Crippen molar-refractivity contribution in [1.82, 2.24) is 9.80 Å². The maximum absolute atomic E-state index is 10.8. The molecule has 0 radical (unpaired) electrons. The van der Waals surface area contributed by atoms with Crippen molar-refractivity contribution in [2.45, 2.75) is 6.54 Å². The number of amides is 1. The summed E-state index contributed by atoms with van der Waals surface area (Å²) in [6.07, 6.45) is 0.944. The molecule has 1 fully saturated rings. The lowest BCUT2D eigenvalue weighted by atomic mass is 10.1. The molecule has 104 valence electrons. The molecule has 2 rings (SSSR count). The Morgan fingerprint density at radius 3 is 2.53 bits per heavy atom. The van der Waals surface area contributed by atoms with Crippen molar-refractivity contribution >= 4 is 28.0 Å². The summed E-state index contributed by atoms with van der Waals surface area (Å²) in [4.78, 5) is 17.1. The highest BCUT2D eigenvalue weighted by Crippen LogP contribution is 2.26. The smallest absolute Gasteiger partial charge is 0.209 e. The molecule has 1 saturated heterocycles. The molecule has 1 heterocycles. The van der Waals surface area contributed by atoms with Gasteiger partial charge < -0.3 is 14.7 Å². The van der Waals surface area contributed by atoms with E-state index >= 15 is 0 Å². The average Bonchev–Trinajstić information content (AvgIpc) is 2.38. The molecule has 0 saturated carbocycles. The van der Waals surface area contributed by atoms with Crippen molar-refractivity contribution in [2.24, 2.45) is 0 Å². The van der Waals surface area contributed by atoms with Gasteiger partial charge in [0.1, 0.15) is 0 Å². The first-order valence-corrected chi connectivity index (χ1v) is 7.27. The van der Waals surface area contributed by atoms with E-state index in [4.69, 9.17) is 0 Å². The van der Waals surface area contributed by atoms with Gasteiger partial charge in [-0.3, -0.25) is 4.79 Å². The number of carbonyl (C=O) groups is 1. The molecule has 0 aromatic heterocycles. The van der Waals surface area contributed by atoms with E-state index < -0.39 is 0 Å². The van der Waals surface area contributed by atoms with Crippen LogP contribution in [0.2, 0.25) is 0 Å². The molecule has 0 spiro atoms. The second-order valence-corrected chi connectivity index (χ2v) is 6.05. The van der Waals surface area contributed by atoms with Crippen LogP contribution < -0.4 is 4.90 Å². The molecule has 1 amide bonds. The van der Waals surface area contributed by atoms with Gasteiger partial charge in [0.15, 0.2) is 0 Å². The van der Waals surface area contributed by atoms with Crippen molar-refractivity contribution in [3.63, 3.8) is 0 Å². The fourth-order valence-corrected chi connectivity index (χ4v) is 2.81. The van der Waals surface area contributed by atoms with Crippen LogP contribution in [0.15, 0.2) is 22.7 Å². The van der Waals surface area contributed by atoms with Gasteiger partial charge in [0.2, 0.25) is 6.41 Å². The quantitative estimate of drug-likeness (QED) is 0.790. The molecule has 1 aromatic rings. The summed E-state index contributed by atoms with van der Waals surface area (Å²) < 4.78 is 1.11. The van der Waals surface area contributed by atoms with Crippen LogP contribution in [0, 0.1) is 0 Å². The minimum Gasteiger partial charge on any atom is -0.368 e. The van der Waals surface area contributed by atoms with Crippen LogP contribution in [0.4, 0.5) is 5.69 Å². The first-order chi connectivity index (χ1) is 9.10. The molecule has 1 aliphatic rings. The number of hydrogen-bond donors (Lipinski definition) is 0. The molecule has 1 aromatic carbocycles. The van der Waals surface area contributed by atoms with E-state index in [1.807, 2.05) is 4.90 Å². The van der Waals surface area contributed by atoms with Gasteiger partial charge in [-0.15, -0.1) is 0 Å². The van der Waals surface area contributed by atoms with Gasteiger partial charge in [0.05, 0.1) is 0 Å². The molecular formula is C14H20BrN3O. The Morgan fingerprint density at radius 2 is 1.95 bits per heavy atom. The summed E-state index contributed by atoms with van der Waals surface area (Å²) in [6, 6.07) is 6.43. The molecule has 1 aliphatic heterocycles. The van der Waals surface area contributed by atoms with Crippen molar-refractivity contribution in [2.75, 3.05) is 45.2 Å². The number of piperazine rings is 1. The van der Waals surface area contributed by atoms with E-state index in [1.165, 1.54) is 11.3 Å². The van der Waals surface area contributed by atoms with Crippen LogP contribution in [0.25, 0.3) is 0 Å².